The van der Waals surface area contributed by atoms with Gasteiger partial charge in [-0.1, -0.05) is 5.92 Å². The molecule has 2 heterocycles. The molecule has 2 aromatic heterocycles. The maximum Gasteiger partial charge on any atom is 0.148 e. The normalized spacial score (nSPS) is 13.2. The molecule has 4 heteroatoms. The Bertz CT molecular complexity index is 1410. The monoisotopic (exact) mass is 496 g/mol. The molecule has 0 aliphatic heterocycles. The number of benzene rings is 2. The van der Waals surface area contributed by atoms with Crippen molar-refractivity contribution in [2.24, 2.45) is 0 Å². The molecule has 5 rings (SSSR count). The highest BCUT2D eigenvalue weighted by molar-refractivity contribution is 7.16. The summed E-state index contributed by atoms with van der Waals surface area (Å²) in [4.78, 5) is 5.38. The maximum absolute atomic E-state index is 5.53. The molecule has 2 aromatic carbocycles. The van der Waals surface area contributed by atoms with Crippen molar-refractivity contribution in [3.8, 4) is 44.7 Å². The third-order valence-corrected chi connectivity index (χ3v) is 8.74. The van der Waals surface area contributed by atoms with Crippen molar-refractivity contribution < 1.29 is 9.47 Å². The van der Waals surface area contributed by atoms with Gasteiger partial charge in [0.25, 0.3) is 0 Å². The topological polar surface area (TPSA) is 18.5 Å². The molecule has 0 unspecified atom stereocenters. The second-order valence-electron chi connectivity index (χ2n) is 8.72. The largest absolute Gasteiger partial charge is 0.497 e. The third-order valence-electron chi connectivity index (χ3n) is 6.54. The van der Waals surface area contributed by atoms with Gasteiger partial charge in [-0.25, -0.2) is 0 Å². The zero-order chi connectivity index (χ0) is 24.4. The molecule has 0 N–H and O–H groups in total. The number of hydrogen-bond donors (Lipinski definition) is 0. The lowest BCUT2D eigenvalue weighted by molar-refractivity contribution is 0.370. The Morgan fingerprint density at radius 3 is 1.71 bits per heavy atom. The van der Waals surface area contributed by atoms with Crippen LogP contribution in [0.1, 0.15) is 40.1 Å². The lowest BCUT2D eigenvalue weighted by atomic mass is 9.96. The summed E-state index contributed by atoms with van der Waals surface area (Å²) in [5.74, 6) is 4.21. The first kappa shape index (κ1) is 23.5. The fraction of sp³-hybridized carbons (Fsp3) is 0.226. The van der Waals surface area contributed by atoms with Crippen LogP contribution in [0.25, 0.3) is 32.0 Å². The van der Waals surface area contributed by atoms with E-state index < -0.39 is 0 Å². The first-order valence-corrected chi connectivity index (χ1v) is 13.5. The van der Waals surface area contributed by atoms with Crippen LogP contribution in [-0.4, -0.2) is 13.7 Å². The lowest BCUT2D eigenvalue weighted by Gasteiger charge is -2.07. The summed E-state index contributed by atoms with van der Waals surface area (Å²) in [6.07, 6.45) is 8.79. The fourth-order valence-corrected chi connectivity index (χ4v) is 6.89. The highest BCUT2D eigenvalue weighted by atomic mass is 32.1. The molecule has 35 heavy (non-hydrogen) atoms. The summed E-state index contributed by atoms with van der Waals surface area (Å²) in [6, 6.07) is 21.4. The van der Waals surface area contributed by atoms with E-state index in [1.54, 1.807) is 7.11 Å². The van der Waals surface area contributed by atoms with Crippen molar-refractivity contribution in [2.45, 2.75) is 33.1 Å². The van der Waals surface area contributed by atoms with Gasteiger partial charge in [0, 0.05) is 19.5 Å². The smallest absolute Gasteiger partial charge is 0.148 e. The number of aryl methyl sites for hydroxylation is 2. The Morgan fingerprint density at radius 2 is 1.26 bits per heavy atom. The van der Waals surface area contributed by atoms with Crippen LogP contribution in [0.15, 0.2) is 60.7 Å². The van der Waals surface area contributed by atoms with Crippen molar-refractivity contribution >= 4 is 33.8 Å². The van der Waals surface area contributed by atoms with Gasteiger partial charge in [0.1, 0.15) is 18.1 Å². The van der Waals surface area contributed by atoms with E-state index in [4.69, 9.17) is 15.9 Å². The molecule has 0 saturated carbocycles. The summed E-state index contributed by atoms with van der Waals surface area (Å²) in [7, 11) is 1.71. The van der Waals surface area contributed by atoms with Gasteiger partial charge >= 0.3 is 0 Å². The van der Waals surface area contributed by atoms with E-state index in [0.717, 1.165) is 24.3 Å². The Morgan fingerprint density at radius 1 is 0.771 bits per heavy atom. The molecule has 0 saturated heterocycles. The molecule has 1 aliphatic carbocycles. The summed E-state index contributed by atoms with van der Waals surface area (Å²) < 4.78 is 10.9. The van der Waals surface area contributed by atoms with E-state index in [1.807, 2.05) is 46.9 Å². The molecule has 0 bridgehead atoms. The van der Waals surface area contributed by atoms with E-state index in [9.17, 15) is 0 Å². The lowest BCUT2D eigenvalue weighted by Crippen LogP contribution is -1.92. The van der Waals surface area contributed by atoms with Gasteiger partial charge in [-0.2, -0.15) is 0 Å². The molecular weight excluding hydrogens is 468 g/mol. The van der Waals surface area contributed by atoms with Crippen molar-refractivity contribution in [2.75, 3.05) is 13.7 Å². The number of rotatable bonds is 7. The number of hydrogen-bond acceptors (Lipinski definition) is 4. The van der Waals surface area contributed by atoms with E-state index in [-0.39, 0.29) is 0 Å². The second kappa shape index (κ2) is 10.2. The minimum Gasteiger partial charge on any atom is -0.497 e. The van der Waals surface area contributed by atoms with Gasteiger partial charge in [-0.15, -0.1) is 29.1 Å². The number of ether oxygens (including phenoxy) is 2. The summed E-state index contributed by atoms with van der Waals surface area (Å²) >= 11 is 3.75. The fourth-order valence-electron chi connectivity index (χ4n) is 4.78. The van der Waals surface area contributed by atoms with E-state index in [2.05, 4.69) is 56.2 Å². The zero-order valence-corrected chi connectivity index (χ0v) is 21.9. The molecule has 2 nitrogen and oxygen atoms in total. The van der Waals surface area contributed by atoms with E-state index in [0.29, 0.717) is 6.61 Å². The number of terminal acetylenes is 1. The Balaban J connectivity index is 1.47. The van der Waals surface area contributed by atoms with Gasteiger partial charge in [0.15, 0.2) is 0 Å². The average Bonchev–Trinajstić information content (AvgIpc) is 3.61. The van der Waals surface area contributed by atoms with Gasteiger partial charge < -0.3 is 9.47 Å². The first-order chi connectivity index (χ1) is 17.1. The SMILES string of the molecule is C#CCOc1ccc(-c2cc(C3=C(c4cc(-c5ccc(OC)cc5)sc4C)CCC3)c(C)s2)cc1. The molecule has 1 aliphatic rings. The van der Waals surface area contributed by atoms with Gasteiger partial charge in [0.05, 0.1) is 7.11 Å². The van der Waals surface area contributed by atoms with Crippen LogP contribution in [0.4, 0.5) is 0 Å². The Labute approximate surface area is 215 Å². The van der Waals surface area contributed by atoms with Crippen LogP contribution in [0.2, 0.25) is 0 Å². The number of allylic oxidation sites excluding steroid dienone is 2. The molecule has 0 radical (unpaired) electrons. The van der Waals surface area contributed by atoms with Crippen LogP contribution in [-0.2, 0) is 0 Å². The van der Waals surface area contributed by atoms with Crippen LogP contribution in [0, 0.1) is 26.2 Å². The zero-order valence-electron chi connectivity index (χ0n) is 20.3. The van der Waals surface area contributed by atoms with Crippen LogP contribution in [0.5, 0.6) is 11.5 Å². The molecule has 0 fully saturated rings. The molecule has 0 spiro atoms. The third kappa shape index (κ3) is 4.80. The Hall–Kier alpha value is -3.26. The first-order valence-electron chi connectivity index (χ1n) is 11.8. The number of methoxy groups -OCH3 is 1. The Kier molecular flexibility index (Phi) is 6.81. The molecule has 4 aromatic rings. The summed E-state index contributed by atoms with van der Waals surface area (Å²) in [6.45, 7) is 4.80. The maximum atomic E-state index is 5.53. The minimum absolute atomic E-state index is 0.292. The van der Waals surface area contributed by atoms with Crippen LogP contribution < -0.4 is 9.47 Å². The van der Waals surface area contributed by atoms with Gasteiger partial charge in [-0.3, -0.25) is 0 Å². The predicted molar refractivity (Wildman–Crippen MR) is 151 cm³/mol. The highest BCUT2D eigenvalue weighted by Gasteiger charge is 2.23. The standard InChI is InChI=1S/C31H28O2S2/c1-5-17-33-25-15-11-23(12-16-25)31-19-29(21(3)35-31)27-8-6-7-26(27)28-18-30(34-20(28)2)22-9-13-24(32-4)14-10-22/h1,9-16,18-19H,6-8,17H2,2-4H3. The van der Waals surface area contributed by atoms with Crippen molar-refractivity contribution in [1.29, 1.82) is 0 Å². The molecule has 0 atom stereocenters. The van der Waals surface area contributed by atoms with Crippen molar-refractivity contribution in [3.63, 3.8) is 0 Å². The summed E-state index contributed by atoms with van der Waals surface area (Å²) in [5, 5.41) is 0. The van der Waals surface area contributed by atoms with Gasteiger partial charge in [0.2, 0.25) is 0 Å². The number of thiophene rings is 2. The minimum atomic E-state index is 0.292. The van der Waals surface area contributed by atoms with E-state index in [1.165, 1.54) is 59.3 Å². The summed E-state index contributed by atoms with van der Waals surface area (Å²) in [5.41, 5.74) is 8.31. The second-order valence-corrected chi connectivity index (χ2v) is 11.2. The van der Waals surface area contributed by atoms with Crippen molar-refractivity contribution in [3.05, 3.63) is 81.5 Å². The van der Waals surface area contributed by atoms with E-state index >= 15 is 0 Å². The van der Waals surface area contributed by atoms with Gasteiger partial charge in [-0.05, 0) is 127 Å². The predicted octanol–water partition coefficient (Wildman–Crippen LogP) is 8.88. The molecule has 176 valence electrons. The highest BCUT2D eigenvalue weighted by Crippen LogP contribution is 2.47. The van der Waals surface area contributed by atoms with Crippen molar-refractivity contribution in [1.82, 2.24) is 0 Å². The molecule has 0 amide bonds. The van der Waals surface area contributed by atoms with Crippen LogP contribution in [0.3, 0.4) is 0 Å². The average molecular weight is 497 g/mol. The quantitative estimate of drug-likeness (QED) is 0.238. The van der Waals surface area contributed by atoms with Crippen LogP contribution >= 0.6 is 22.7 Å². The molecular formula is C31H28O2S2.